The van der Waals surface area contributed by atoms with Crippen LogP contribution in [0.15, 0.2) is 23.3 Å². The van der Waals surface area contributed by atoms with Crippen LogP contribution in [0.1, 0.15) is 30.4 Å². The molecule has 0 atom stereocenters. The Kier molecular flexibility index (Phi) is 5.23. The van der Waals surface area contributed by atoms with Gasteiger partial charge in [-0.15, -0.1) is 0 Å². The Hall–Kier alpha value is -1.83. The molecular weight excluding hydrogens is 313 g/mol. The molecule has 0 aromatic heterocycles. The molecule has 1 aliphatic heterocycles. The lowest BCUT2D eigenvalue weighted by atomic mass is 10.0. The maximum atomic E-state index is 13.3. The fourth-order valence-corrected chi connectivity index (χ4v) is 2.49. The van der Waals surface area contributed by atoms with Crippen molar-refractivity contribution in [3.8, 4) is 0 Å². The van der Waals surface area contributed by atoms with E-state index in [1.165, 1.54) is 12.3 Å². The minimum absolute atomic E-state index is 0.0442. The fraction of sp³-hybridized carbons (Fsp3) is 0.429. The molecule has 1 fully saturated rings. The Labute approximate surface area is 132 Å². The number of nitrogens with one attached hydrogen (secondary N) is 1. The van der Waals surface area contributed by atoms with Crippen LogP contribution in [-0.4, -0.2) is 24.4 Å². The van der Waals surface area contributed by atoms with E-state index in [4.69, 9.17) is 5.73 Å². The summed E-state index contributed by atoms with van der Waals surface area (Å²) in [5.74, 6) is 0. The highest BCUT2D eigenvalue weighted by atomic mass is 32.1. The van der Waals surface area contributed by atoms with Gasteiger partial charge >= 0.3 is 6.18 Å². The predicted octanol–water partition coefficient (Wildman–Crippen LogP) is 2.86. The summed E-state index contributed by atoms with van der Waals surface area (Å²) >= 11 is 4.57. The van der Waals surface area contributed by atoms with E-state index < -0.39 is 11.7 Å². The minimum Gasteiger partial charge on any atom is -0.375 e. The van der Waals surface area contributed by atoms with Crippen molar-refractivity contribution >= 4 is 29.2 Å². The average Bonchev–Trinajstić information content (AvgIpc) is 2.47. The summed E-state index contributed by atoms with van der Waals surface area (Å²) in [6, 6.07) is 4.19. The number of halogens is 3. The van der Waals surface area contributed by atoms with Gasteiger partial charge in [0.2, 0.25) is 0 Å². The molecule has 1 aromatic rings. The van der Waals surface area contributed by atoms with Gasteiger partial charge in [-0.1, -0.05) is 6.07 Å². The van der Waals surface area contributed by atoms with E-state index in [9.17, 15) is 13.2 Å². The van der Waals surface area contributed by atoms with Crippen molar-refractivity contribution in [2.24, 2.45) is 10.8 Å². The van der Waals surface area contributed by atoms with Crippen LogP contribution in [0.4, 0.5) is 18.9 Å². The number of hydrogen-bond donors (Lipinski definition) is 2. The standard InChI is InChI=1S/C14H17F3N4S/c15-14(16,17)11-8-10(9-19-20-13(18)22)4-5-12(11)21-6-2-1-3-7-21/h4-5,8-9H,1-3,6-7H2,(H3,18,20,22). The normalized spacial score (nSPS) is 16.0. The molecule has 0 spiro atoms. The summed E-state index contributed by atoms with van der Waals surface area (Å²) in [7, 11) is 0. The molecule has 22 heavy (non-hydrogen) atoms. The van der Waals surface area contributed by atoms with Crippen LogP contribution in [0, 0.1) is 0 Å². The quantitative estimate of drug-likeness (QED) is 0.508. The van der Waals surface area contributed by atoms with Crippen LogP contribution in [0.25, 0.3) is 0 Å². The third kappa shape index (κ3) is 4.33. The summed E-state index contributed by atoms with van der Waals surface area (Å²) in [4.78, 5) is 1.79. The van der Waals surface area contributed by atoms with Crippen LogP contribution in [0.2, 0.25) is 0 Å². The third-order valence-corrected chi connectivity index (χ3v) is 3.50. The Morgan fingerprint density at radius 2 is 1.95 bits per heavy atom. The van der Waals surface area contributed by atoms with Crippen LogP contribution >= 0.6 is 12.2 Å². The Morgan fingerprint density at radius 1 is 1.27 bits per heavy atom. The number of hydrogen-bond acceptors (Lipinski definition) is 3. The summed E-state index contributed by atoms with van der Waals surface area (Å²) in [6.45, 7) is 1.30. The topological polar surface area (TPSA) is 53.6 Å². The highest BCUT2D eigenvalue weighted by Gasteiger charge is 2.35. The van der Waals surface area contributed by atoms with Gasteiger partial charge in [0.1, 0.15) is 0 Å². The lowest BCUT2D eigenvalue weighted by Gasteiger charge is -2.31. The van der Waals surface area contributed by atoms with Crippen LogP contribution in [0.3, 0.4) is 0 Å². The number of thiocarbonyl (C=S) groups is 1. The number of alkyl halides is 3. The zero-order valence-corrected chi connectivity index (χ0v) is 12.7. The van der Waals surface area contributed by atoms with E-state index in [1.54, 1.807) is 11.0 Å². The molecule has 0 unspecified atom stereocenters. The summed E-state index contributed by atoms with van der Waals surface area (Å²) in [5, 5.41) is 3.64. The monoisotopic (exact) mass is 330 g/mol. The Bertz CT molecular complexity index is 566. The van der Waals surface area contributed by atoms with E-state index in [1.807, 2.05) is 0 Å². The zero-order chi connectivity index (χ0) is 16.2. The lowest BCUT2D eigenvalue weighted by Crippen LogP contribution is -2.31. The minimum atomic E-state index is -4.41. The molecule has 1 aromatic carbocycles. The summed E-state index contributed by atoms with van der Waals surface area (Å²) in [6.07, 6.45) is -0.258. The number of piperidine rings is 1. The molecule has 1 heterocycles. The zero-order valence-electron chi connectivity index (χ0n) is 11.9. The molecule has 0 radical (unpaired) electrons. The van der Waals surface area contributed by atoms with Gasteiger partial charge in [0, 0.05) is 18.8 Å². The Balaban J connectivity index is 2.30. The molecule has 1 saturated heterocycles. The van der Waals surface area contributed by atoms with Gasteiger partial charge in [0.25, 0.3) is 0 Å². The summed E-state index contributed by atoms with van der Waals surface area (Å²) < 4.78 is 39.9. The molecule has 4 nitrogen and oxygen atoms in total. The highest BCUT2D eigenvalue weighted by Crippen LogP contribution is 2.37. The van der Waals surface area contributed by atoms with Crippen LogP contribution in [0.5, 0.6) is 0 Å². The largest absolute Gasteiger partial charge is 0.418 e. The van der Waals surface area contributed by atoms with Gasteiger partial charge in [-0.2, -0.15) is 18.3 Å². The predicted molar refractivity (Wildman–Crippen MR) is 85.0 cm³/mol. The fourth-order valence-electron chi connectivity index (χ4n) is 2.44. The Morgan fingerprint density at radius 3 is 2.55 bits per heavy atom. The number of benzene rings is 1. The summed E-state index contributed by atoms with van der Waals surface area (Å²) in [5.41, 5.74) is 7.43. The van der Waals surface area contributed by atoms with Gasteiger partial charge in [-0.25, -0.2) is 0 Å². The number of hydrazone groups is 1. The number of rotatable bonds is 3. The van der Waals surface area contributed by atoms with E-state index in [0.29, 0.717) is 18.7 Å². The van der Waals surface area contributed by atoms with Crippen molar-refractivity contribution in [3.05, 3.63) is 29.3 Å². The van der Waals surface area contributed by atoms with Gasteiger partial charge in [-0.3, -0.25) is 5.43 Å². The molecule has 8 heteroatoms. The number of nitrogens with two attached hydrogens (primary N) is 1. The molecule has 0 bridgehead atoms. The second kappa shape index (κ2) is 6.95. The third-order valence-electron chi connectivity index (χ3n) is 3.41. The molecule has 0 aliphatic carbocycles. The second-order valence-electron chi connectivity index (χ2n) is 5.06. The van der Waals surface area contributed by atoms with E-state index in [-0.39, 0.29) is 10.8 Å². The molecule has 0 amide bonds. The van der Waals surface area contributed by atoms with E-state index >= 15 is 0 Å². The number of nitrogens with zero attached hydrogens (tertiary/aromatic N) is 2. The SMILES string of the molecule is NC(=S)NN=Cc1ccc(N2CCCCC2)c(C(F)(F)F)c1. The smallest absolute Gasteiger partial charge is 0.375 e. The van der Waals surface area contributed by atoms with Crippen LogP contribution < -0.4 is 16.1 Å². The van der Waals surface area contributed by atoms with Crippen molar-refractivity contribution in [1.29, 1.82) is 0 Å². The van der Waals surface area contributed by atoms with Crippen molar-refractivity contribution in [2.75, 3.05) is 18.0 Å². The van der Waals surface area contributed by atoms with Crippen molar-refractivity contribution in [3.63, 3.8) is 0 Å². The molecule has 2 rings (SSSR count). The van der Waals surface area contributed by atoms with Gasteiger partial charge in [-0.05, 0) is 49.2 Å². The van der Waals surface area contributed by atoms with E-state index in [0.717, 1.165) is 25.3 Å². The number of anilines is 1. The van der Waals surface area contributed by atoms with Crippen LogP contribution in [-0.2, 0) is 6.18 Å². The molecule has 3 N–H and O–H groups in total. The molecule has 120 valence electrons. The molecule has 0 saturated carbocycles. The maximum Gasteiger partial charge on any atom is 0.418 e. The van der Waals surface area contributed by atoms with Crippen molar-refractivity contribution < 1.29 is 13.2 Å². The maximum absolute atomic E-state index is 13.3. The lowest BCUT2D eigenvalue weighted by molar-refractivity contribution is -0.137. The van der Waals surface area contributed by atoms with E-state index in [2.05, 4.69) is 22.7 Å². The molecule has 1 aliphatic rings. The van der Waals surface area contributed by atoms with Crippen molar-refractivity contribution in [1.82, 2.24) is 5.43 Å². The van der Waals surface area contributed by atoms with Gasteiger partial charge < -0.3 is 10.6 Å². The van der Waals surface area contributed by atoms with Crippen molar-refractivity contribution in [2.45, 2.75) is 25.4 Å². The average molecular weight is 330 g/mol. The highest BCUT2D eigenvalue weighted by molar-refractivity contribution is 7.80. The van der Waals surface area contributed by atoms with Gasteiger partial charge in [0.15, 0.2) is 5.11 Å². The first-order valence-corrected chi connectivity index (χ1v) is 7.33. The first-order chi connectivity index (χ1) is 10.4. The molecular formula is C14H17F3N4S. The van der Waals surface area contributed by atoms with Gasteiger partial charge in [0.05, 0.1) is 11.8 Å². The first-order valence-electron chi connectivity index (χ1n) is 6.92. The second-order valence-corrected chi connectivity index (χ2v) is 5.50. The first kappa shape index (κ1) is 16.5.